The summed E-state index contributed by atoms with van der Waals surface area (Å²) in [6.07, 6.45) is 0. The lowest BCUT2D eigenvalue weighted by atomic mass is 10.1. The van der Waals surface area contributed by atoms with Crippen LogP contribution in [0.4, 0.5) is 5.69 Å². The minimum absolute atomic E-state index is 0.378. The van der Waals surface area contributed by atoms with Gasteiger partial charge < -0.3 is 15.0 Å². The molecule has 1 aromatic rings. The van der Waals surface area contributed by atoms with Crippen molar-refractivity contribution in [3.63, 3.8) is 0 Å². The number of hydrogen-bond donors (Lipinski definition) is 1. The molecule has 0 fully saturated rings. The van der Waals surface area contributed by atoms with Crippen LogP contribution in [0.25, 0.3) is 0 Å². The zero-order valence-corrected chi connectivity index (χ0v) is 10.7. The molecule has 3 nitrogen and oxygen atoms in total. The predicted octanol–water partition coefficient (Wildman–Crippen LogP) is 1.88. The summed E-state index contributed by atoms with van der Waals surface area (Å²) >= 11 is 0. The monoisotopic (exact) mass is 222 g/mol. The largest absolute Gasteiger partial charge is 0.383 e. The van der Waals surface area contributed by atoms with Crippen LogP contribution in [0.1, 0.15) is 12.5 Å². The first-order valence-corrected chi connectivity index (χ1v) is 5.65. The molecule has 0 aliphatic carbocycles. The first-order chi connectivity index (χ1) is 7.70. The number of rotatable bonds is 6. The highest BCUT2D eigenvalue weighted by molar-refractivity contribution is 5.53. The lowest BCUT2D eigenvalue weighted by Crippen LogP contribution is -2.33. The molecule has 90 valence electrons. The SMILES string of the molecule is CNCc1ccccc1N(C)C(C)COC. The van der Waals surface area contributed by atoms with Crippen LogP contribution in [0.3, 0.4) is 0 Å². The van der Waals surface area contributed by atoms with Crippen LogP contribution in [0, 0.1) is 0 Å². The fraction of sp³-hybridized carbons (Fsp3) is 0.538. The molecule has 0 aliphatic rings. The Morgan fingerprint density at radius 2 is 2.06 bits per heavy atom. The van der Waals surface area contributed by atoms with Gasteiger partial charge in [-0.05, 0) is 25.6 Å². The molecule has 0 aliphatic heterocycles. The molecule has 0 spiro atoms. The van der Waals surface area contributed by atoms with Gasteiger partial charge in [0.1, 0.15) is 0 Å². The average Bonchev–Trinajstić information content (AvgIpc) is 2.29. The Balaban J connectivity index is 2.84. The Morgan fingerprint density at radius 1 is 1.38 bits per heavy atom. The van der Waals surface area contributed by atoms with Crippen LogP contribution in [0.15, 0.2) is 24.3 Å². The van der Waals surface area contributed by atoms with Crippen molar-refractivity contribution < 1.29 is 4.74 Å². The summed E-state index contributed by atoms with van der Waals surface area (Å²) in [6, 6.07) is 8.83. The molecule has 1 atom stereocenters. The Morgan fingerprint density at radius 3 is 2.69 bits per heavy atom. The second kappa shape index (κ2) is 6.51. The molecule has 0 amide bonds. The normalized spacial score (nSPS) is 12.5. The van der Waals surface area contributed by atoms with E-state index >= 15 is 0 Å². The summed E-state index contributed by atoms with van der Waals surface area (Å²) in [4.78, 5) is 2.26. The number of methoxy groups -OCH3 is 1. The van der Waals surface area contributed by atoms with E-state index in [1.807, 2.05) is 7.05 Å². The quantitative estimate of drug-likeness (QED) is 0.795. The van der Waals surface area contributed by atoms with Crippen LogP contribution >= 0.6 is 0 Å². The van der Waals surface area contributed by atoms with E-state index in [-0.39, 0.29) is 0 Å². The van der Waals surface area contributed by atoms with Crippen molar-refractivity contribution in [1.29, 1.82) is 0 Å². The molecule has 0 heterocycles. The van der Waals surface area contributed by atoms with Crippen molar-refractivity contribution in [3.8, 4) is 0 Å². The van der Waals surface area contributed by atoms with Crippen molar-refractivity contribution >= 4 is 5.69 Å². The Bertz CT molecular complexity index is 315. The number of hydrogen-bond acceptors (Lipinski definition) is 3. The highest BCUT2D eigenvalue weighted by atomic mass is 16.5. The fourth-order valence-corrected chi connectivity index (χ4v) is 1.79. The first-order valence-electron chi connectivity index (χ1n) is 5.65. The summed E-state index contributed by atoms with van der Waals surface area (Å²) in [5.74, 6) is 0. The van der Waals surface area contributed by atoms with Crippen LogP contribution in [0.2, 0.25) is 0 Å². The van der Waals surface area contributed by atoms with Gasteiger partial charge in [-0.15, -0.1) is 0 Å². The van der Waals surface area contributed by atoms with Gasteiger partial charge in [-0.2, -0.15) is 0 Å². The zero-order chi connectivity index (χ0) is 12.0. The zero-order valence-electron chi connectivity index (χ0n) is 10.7. The summed E-state index contributed by atoms with van der Waals surface area (Å²) in [5.41, 5.74) is 2.58. The maximum absolute atomic E-state index is 5.19. The number of anilines is 1. The number of likely N-dealkylation sites (N-methyl/N-ethyl adjacent to an activating group) is 1. The number of nitrogens with one attached hydrogen (secondary N) is 1. The summed E-state index contributed by atoms with van der Waals surface area (Å²) in [5, 5.41) is 3.19. The van der Waals surface area contributed by atoms with Gasteiger partial charge in [0.15, 0.2) is 0 Å². The summed E-state index contributed by atoms with van der Waals surface area (Å²) in [6.45, 7) is 3.80. The highest BCUT2D eigenvalue weighted by Crippen LogP contribution is 2.20. The lowest BCUT2D eigenvalue weighted by molar-refractivity contribution is 0.183. The average molecular weight is 222 g/mol. The minimum atomic E-state index is 0.378. The van der Waals surface area contributed by atoms with E-state index in [1.165, 1.54) is 11.3 Å². The molecule has 0 bridgehead atoms. The van der Waals surface area contributed by atoms with Gasteiger partial charge in [-0.1, -0.05) is 18.2 Å². The Hall–Kier alpha value is -1.06. The maximum atomic E-state index is 5.19. The topological polar surface area (TPSA) is 24.5 Å². The molecular weight excluding hydrogens is 200 g/mol. The summed E-state index contributed by atoms with van der Waals surface area (Å²) < 4.78 is 5.19. The van der Waals surface area contributed by atoms with E-state index in [0.29, 0.717) is 6.04 Å². The third-order valence-electron chi connectivity index (χ3n) is 2.81. The van der Waals surface area contributed by atoms with Crippen molar-refractivity contribution in [1.82, 2.24) is 5.32 Å². The van der Waals surface area contributed by atoms with Gasteiger partial charge in [0.05, 0.1) is 6.61 Å². The minimum Gasteiger partial charge on any atom is -0.383 e. The third-order valence-corrected chi connectivity index (χ3v) is 2.81. The molecule has 1 aromatic carbocycles. The lowest BCUT2D eigenvalue weighted by Gasteiger charge is -2.28. The van der Waals surface area contributed by atoms with Crippen molar-refractivity contribution in [2.75, 3.05) is 32.7 Å². The van der Waals surface area contributed by atoms with E-state index in [0.717, 1.165) is 13.2 Å². The van der Waals surface area contributed by atoms with Crippen molar-refractivity contribution in [2.24, 2.45) is 0 Å². The maximum Gasteiger partial charge on any atom is 0.0663 e. The van der Waals surface area contributed by atoms with Gasteiger partial charge in [-0.25, -0.2) is 0 Å². The molecule has 1 N–H and O–H groups in total. The third kappa shape index (κ3) is 3.22. The van der Waals surface area contributed by atoms with Gasteiger partial charge in [0.2, 0.25) is 0 Å². The van der Waals surface area contributed by atoms with Gasteiger partial charge in [-0.3, -0.25) is 0 Å². The number of ether oxygens (including phenoxy) is 1. The number of para-hydroxylation sites is 1. The smallest absolute Gasteiger partial charge is 0.0663 e. The van der Waals surface area contributed by atoms with Crippen LogP contribution in [-0.2, 0) is 11.3 Å². The molecule has 16 heavy (non-hydrogen) atoms. The van der Waals surface area contributed by atoms with Gasteiger partial charge in [0.25, 0.3) is 0 Å². The fourth-order valence-electron chi connectivity index (χ4n) is 1.79. The molecule has 0 saturated carbocycles. The molecule has 0 aromatic heterocycles. The molecule has 0 radical (unpaired) electrons. The molecule has 0 saturated heterocycles. The molecule has 3 heteroatoms. The Labute approximate surface area is 98.4 Å². The molecular formula is C13H22N2O. The van der Waals surface area contributed by atoms with E-state index in [2.05, 4.69) is 48.5 Å². The van der Waals surface area contributed by atoms with Crippen LogP contribution in [0.5, 0.6) is 0 Å². The van der Waals surface area contributed by atoms with Gasteiger partial charge in [0, 0.05) is 32.4 Å². The van der Waals surface area contributed by atoms with Gasteiger partial charge >= 0.3 is 0 Å². The molecule has 1 rings (SSSR count). The van der Waals surface area contributed by atoms with E-state index < -0.39 is 0 Å². The first kappa shape index (κ1) is 13.0. The standard InChI is InChI=1S/C13H22N2O/c1-11(10-16-4)15(3)13-8-6-5-7-12(13)9-14-2/h5-8,11,14H,9-10H2,1-4H3. The Kier molecular flexibility index (Phi) is 5.29. The van der Waals surface area contributed by atoms with Crippen LogP contribution in [-0.4, -0.2) is 33.9 Å². The van der Waals surface area contributed by atoms with Crippen LogP contribution < -0.4 is 10.2 Å². The van der Waals surface area contributed by atoms with E-state index in [9.17, 15) is 0 Å². The highest BCUT2D eigenvalue weighted by Gasteiger charge is 2.12. The van der Waals surface area contributed by atoms with E-state index in [4.69, 9.17) is 4.74 Å². The van der Waals surface area contributed by atoms with Crippen molar-refractivity contribution in [2.45, 2.75) is 19.5 Å². The second-order valence-electron chi connectivity index (χ2n) is 4.07. The van der Waals surface area contributed by atoms with Crippen molar-refractivity contribution in [3.05, 3.63) is 29.8 Å². The number of nitrogens with zero attached hydrogens (tertiary/aromatic N) is 1. The predicted molar refractivity (Wildman–Crippen MR) is 68.9 cm³/mol. The molecule has 1 unspecified atom stereocenters. The second-order valence-corrected chi connectivity index (χ2v) is 4.07. The summed E-state index contributed by atoms with van der Waals surface area (Å²) in [7, 11) is 5.82. The van der Waals surface area contributed by atoms with E-state index in [1.54, 1.807) is 7.11 Å². The number of benzene rings is 1.